The van der Waals surface area contributed by atoms with Crippen LogP contribution < -0.4 is 23.6 Å². The first kappa shape index (κ1) is 39.3. The minimum absolute atomic E-state index is 0.134. The van der Waals surface area contributed by atoms with E-state index in [-0.39, 0.29) is 30.4 Å². The van der Waals surface area contributed by atoms with Crippen molar-refractivity contribution < 1.29 is 47.2 Å². The van der Waals surface area contributed by atoms with Crippen molar-refractivity contribution in [3.8, 4) is 23.0 Å². The number of ether oxygens (including phenoxy) is 2. The number of carbonyl (C=O) groups excluding carboxylic acids is 2. The maximum absolute atomic E-state index is 14.0. The molecule has 2 heterocycles. The number of para-hydroxylation sites is 4. The van der Waals surface area contributed by atoms with E-state index in [4.69, 9.17) is 39.2 Å². The number of β-lactam (4-membered cyclic amide) rings is 1. The molecule has 14 nitrogen and oxygen atoms in total. The average molecular weight is 831 g/mol. The second-order valence-corrected chi connectivity index (χ2v) is 15.7. The van der Waals surface area contributed by atoms with E-state index >= 15 is 0 Å². The van der Waals surface area contributed by atoms with E-state index in [1.165, 1.54) is 40.9 Å². The molecule has 5 aromatic carbocycles. The molecule has 2 aliphatic heterocycles. The third-order valence-electron chi connectivity index (χ3n) is 8.37. The molecule has 0 radical (unpaired) electrons. The van der Waals surface area contributed by atoms with E-state index < -0.39 is 47.3 Å². The van der Waals surface area contributed by atoms with E-state index in [2.05, 4.69) is 5.32 Å². The molecule has 0 spiro atoms. The molecule has 2 N–H and O–H groups in total. The molecule has 2 saturated heterocycles. The summed E-state index contributed by atoms with van der Waals surface area (Å²) in [5.41, 5.74) is 0.0222. The van der Waals surface area contributed by atoms with Crippen molar-refractivity contribution in [3.05, 3.63) is 173 Å². The molecule has 17 heteroatoms. The molecule has 0 aromatic heterocycles. The molecule has 7 rings (SSSR count). The van der Waals surface area contributed by atoms with Gasteiger partial charge in [0.1, 0.15) is 23.8 Å². The van der Waals surface area contributed by atoms with Gasteiger partial charge < -0.3 is 19.9 Å². The molecule has 5 aromatic rings. The Labute approximate surface area is 336 Å². The summed E-state index contributed by atoms with van der Waals surface area (Å²) in [6, 6.07) is 39.1. The summed E-state index contributed by atoms with van der Waals surface area (Å²) < 4.78 is 37.6. The number of rotatable bonds is 16. The number of non-ortho nitro benzene ring substituents is 1. The maximum atomic E-state index is 14.0. The number of alkyl halides is 1. The number of aliphatic hydroxyl groups excluding tert-OH is 1. The highest BCUT2D eigenvalue weighted by atomic mass is 35.5. The Hall–Kier alpha value is -5.99. The molecule has 1 unspecified atom stereocenters. The second-order valence-electron chi connectivity index (χ2n) is 12.4. The van der Waals surface area contributed by atoms with Crippen molar-refractivity contribution in [2.45, 2.75) is 23.1 Å². The average Bonchev–Trinajstić information content (AvgIpc) is 3.22. The summed E-state index contributed by atoms with van der Waals surface area (Å²) in [4.78, 5) is 38.8. The lowest BCUT2D eigenvalue weighted by Gasteiger charge is -2.53. The lowest BCUT2D eigenvalue weighted by Crippen LogP contribution is -2.73. The summed E-state index contributed by atoms with van der Waals surface area (Å²) >= 11 is 8.62. The van der Waals surface area contributed by atoms with Crippen LogP contribution in [0.25, 0.3) is 0 Å². The van der Waals surface area contributed by atoms with Crippen LogP contribution in [0.1, 0.15) is 5.56 Å². The van der Waals surface area contributed by atoms with E-state index in [0.717, 1.165) is 0 Å². The highest BCUT2D eigenvalue weighted by Gasteiger charge is 2.68. The van der Waals surface area contributed by atoms with E-state index in [0.29, 0.717) is 28.6 Å². The number of nitrogens with one attached hydrogen (secondary N) is 1. The Morgan fingerprint density at radius 3 is 1.81 bits per heavy atom. The molecule has 2 fully saturated rings. The Morgan fingerprint density at radius 1 is 0.825 bits per heavy atom. The molecule has 57 heavy (non-hydrogen) atoms. The van der Waals surface area contributed by atoms with Gasteiger partial charge in [-0.05, 0) is 66.2 Å². The third-order valence-corrected chi connectivity index (χ3v) is 12.3. The van der Waals surface area contributed by atoms with Crippen LogP contribution in [0.5, 0.6) is 23.0 Å². The summed E-state index contributed by atoms with van der Waals surface area (Å²) in [5.74, 6) is -0.754. The monoisotopic (exact) mass is 830 g/mol. The fourth-order valence-corrected chi connectivity index (χ4v) is 9.60. The Morgan fingerprint density at radius 2 is 1.32 bits per heavy atom. The predicted octanol–water partition coefficient (Wildman–Crippen LogP) is 8.18. The quantitative estimate of drug-likeness (QED) is 0.0245. The van der Waals surface area contributed by atoms with Gasteiger partial charge in [0.05, 0.1) is 4.92 Å². The van der Waals surface area contributed by atoms with E-state index in [1.807, 2.05) is 6.07 Å². The van der Waals surface area contributed by atoms with Crippen LogP contribution in [0.3, 0.4) is 0 Å². The number of amides is 2. The number of carbonyl (C=O) groups is 2. The first-order valence-corrected chi connectivity index (χ1v) is 20.2. The molecular formula is C40H34ClN3O11PS+. The third kappa shape index (κ3) is 9.35. The summed E-state index contributed by atoms with van der Waals surface area (Å²) in [6.45, 7) is -0.629. The fraction of sp³-hybridized carbons (Fsp3) is 0.150. The van der Waals surface area contributed by atoms with E-state index in [9.17, 15) is 24.8 Å². The lowest BCUT2D eigenvalue weighted by atomic mass is 10.0. The number of halogens is 1. The van der Waals surface area contributed by atoms with Gasteiger partial charge in [0.25, 0.3) is 22.6 Å². The van der Waals surface area contributed by atoms with Crippen LogP contribution in [0.15, 0.2) is 157 Å². The van der Waals surface area contributed by atoms with Crippen LogP contribution in [0, 0.1) is 10.1 Å². The SMILES string of the molecule is O=C(COc1ccccc1)N[C@@H]1C(=O)N2/C(=C(/O)OCc3ccc([N+](=O)[O-])cc3)C(Cl)(O[P+](Oc3ccccc3)(Oc3ccccc3)Oc3ccccc3)CS[C@H]12. The van der Waals surface area contributed by atoms with Crippen LogP contribution in [0.2, 0.25) is 0 Å². The van der Waals surface area contributed by atoms with Gasteiger partial charge in [0.2, 0.25) is 0 Å². The number of thioether (sulfide) groups is 1. The normalized spacial score (nSPS) is 19.6. The number of fused-ring (bicyclic) bond motifs is 1. The van der Waals surface area contributed by atoms with Crippen LogP contribution in [-0.4, -0.2) is 55.6 Å². The first-order valence-electron chi connectivity index (χ1n) is 17.4. The number of hydrogen-bond acceptors (Lipinski definition) is 12. The Kier molecular flexibility index (Phi) is 12.0. The van der Waals surface area contributed by atoms with Gasteiger partial charge in [0, 0.05) is 17.9 Å². The zero-order valence-electron chi connectivity index (χ0n) is 29.8. The van der Waals surface area contributed by atoms with Gasteiger partial charge in [-0.3, -0.25) is 24.6 Å². The van der Waals surface area contributed by atoms with Crippen molar-refractivity contribution in [3.63, 3.8) is 0 Å². The molecule has 0 bridgehead atoms. The topological polar surface area (TPSA) is 168 Å². The number of benzene rings is 5. The molecule has 0 saturated carbocycles. The van der Waals surface area contributed by atoms with Gasteiger partial charge in [-0.25, -0.2) is 13.6 Å². The fourth-order valence-electron chi connectivity index (χ4n) is 5.71. The van der Waals surface area contributed by atoms with E-state index in [1.54, 1.807) is 115 Å². The van der Waals surface area contributed by atoms with Gasteiger partial charge in [-0.15, -0.1) is 16.3 Å². The van der Waals surface area contributed by atoms with Crippen molar-refractivity contribution in [2.75, 3.05) is 12.4 Å². The number of hydrogen-bond donors (Lipinski definition) is 2. The van der Waals surface area contributed by atoms with Crippen molar-refractivity contribution in [2.24, 2.45) is 0 Å². The molecule has 3 atom stereocenters. The summed E-state index contributed by atoms with van der Waals surface area (Å²) in [7, 11) is -4.22. The first-order chi connectivity index (χ1) is 27.6. The molecular weight excluding hydrogens is 797 g/mol. The standard InChI is InChI=1S/C40H33ClN3O11PS/c41-40(55-56(52-31-15-7-2-8-16-31,53-32-17-9-3-10-18-32)54-33-19-11-4-12-20-33)27-57-38-35(42-34(45)26-50-30-13-5-1-6-14-30)37(46)43(38)36(40)39(47)51-25-28-21-23-29(24-22-28)44(48)49/h1-24,35,38H,25-27H2,(H-,42,45,47)/p+1/b39-36-/t35-,38-,40?/m1/s1. The number of nitrogens with zero attached hydrogens (tertiary/aromatic N) is 2. The minimum atomic E-state index is -4.22. The Bertz CT molecular complexity index is 2110. The molecule has 2 amide bonds. The predicted molar refractivity (Wildman–Crippen MR) is 212 cm³/mol. The maximum Gasteiger partial charge on any atom is 0.719 e. The minimum Gasteiger partial charge on any atom is -0.484 e. The van der Waals surface area contributed by atoms with Gasteiger partial charge in [-0.1, -0.05) is 84.4 Å². The number of aliphatic hydroxyl groups is 1. The van der Waals surface area contributed by atoms with Gasteiger partial charge in [-0.2, -0.15) is 0 Å². The molecule has 292 valence electrons. The van der Waals surface area contributed by atoms with Crippen molar-refractivity contribution >= 4 is 49.0 Å². The van der Waals surface area contributed by atoms with Crippen LogP contribution >= 0.6 is 31.5 Å². The van der Waals surface area contributed by atoms with Crippen molar-refractivity contribution in [1.29, 1.82) is 0 Å². The Balaban J connectivity index is 1.24. The lowest BCUT2D eigenvalue weighted by molar-refractivity contribution is -0.384. The summed E-state index contributed by atoms with van der Waals surface area (Å²) in [5, 5.41) is 22.8. The van der Waals surface area contributed by atoms with Crippen LogP contribution in [-0.2, 0) is 25.5 Å². The van der Waals surface area contributed by atoms with Gasteiger partial charge in [0.15, 0.2) is 29.6 Å². The van der Waals surface area contributed by atoms with Crippen LogP contribution in [0.4, 0.5) is 5.69 Å². The highest BCUT2D eigenvalue weighted by Crippen LogP contribution is 2.67. The largest absolute Gasteiger partial charge is 0.719 e. The van der Waals surface area contributed by atoms with Gasteiger partial charge >= 0.3 is 14.1 Å². The van der Waals surface area contributed by atoms with Crippen molar-refractivity contribution in [1.82, 2.24) is 10.2 Å². The molecule has 0 aliphatic carbocycles. The smallest absolute Gasteiger partial charge is 0.484 e. The number of nitro benzene ring substituents is 1. The molecule has 2 aliphatic rings. The second kappa shape index (κ2) is 17.4. The summed E-state index contributed by atoms with van der Waals surface area (Å²) in [6.07, 6.45) is 0. The zero-order valence-corrected chi connectivity index (χ0v) is 32.3. The number of nitro groups is 1. The highest BCUT2D eigenvalue weighted by molar-refractivity contribution is 8.00. The zero-order chi connectivity index (χ0) is 39.8.